The maximum absolute atomic E-state index is 9.75. The van der Waals surface area contributed by atoms with Gasteiger partial charge in [0.2, 0.25) is 5.69 Å². The number of aromatic nitrogens is 1. The first-order valence-corrected chi connectivity index (χ1v) is 11.0. The second-order valence-corrected chi connectivity index (χ2v) is 8.19. The number of ether oxygens (including phenoxy) is 2. The third kappa shape index (κ3) is 5.01. The van der Waals surface area contributed by atoms with Gasteiger partial charge in [-0.15, -0.1) is 0 Å². The van der Waals surface area contributed by atoms with Gasteiger partial charge in [0.15, 0.2) is 11.4 Å². The van der Waals surface area contributed by atoms with Crippen LogP contribution in [0.25, 0.3) is 38.0 Å². The van der Waals surface area contributed by atoms with Gasteiger partial charge in [-0.2, -0.15) is 4.57 Å². The SMILES string of the molecule is COc1cc(OC)c2c(C)[n+](-c3cccc4cc5ccccc5cc34)c(C)cc2c1.F[B-](F)(F)F. The lowest BCUT2D eigenvalue weighted by molar-refractivity contribution is -0.606. The molecule has 0 bridgehead atoms. The normalized spacial score (nSPS) is 11.4. The van der Waals surface area contributed by atoms with Crippen molar-refractivity contribution in [2.75, 3.05) is 14.2 Å². The largest absolute Gasteiger partial charge is 0.673 e. The van der Waals surface area contributed by atoms with Crippen LogP contribution in [0.15, 0.2) is 72.8 Å². The molecular weight excluding hydrogens is 457 g/mol. The maximum Gasteiger partial charge on any atom is 0.673 e. The van der Waals surface area contributed by atoms with E-state index in [0.29, 0.717) is 0 Å². The molecular formula is C27H24BF4NO2. The van der Waals surface area contributed by atoms with E-state index in [4.69, 9.17) is 9.47 Å². The van der Waals surface area contributed by atoms with Crippen molar-refractivity contribution in [2.45, 2.75) is 13.8 Å². The molecule has 1 heterocycles. The van der Waals surface area contributed by atoms with Crippen LogP contribution in [0, 0.1) is 13.8 Å². The zero-order valence-electron chi connectivity index (χ0n) is 19.8. The summed E-state index contributed by atoms with van der Waals surface area (Å²) in [7, 11) is -2.61. The molecule has 0 fully saturated rings. The van der Waals surface area contributed by atoms with E-state index in [9.17, 15) is 17.3 Å². The Morgan fingerprint density at radius 2 is 1.31 bits per heavy atom. The molecule has 0 saturated carbocycles. The average Bonchev–Trinajstić information content (AvgIpc) is 2.81. The molecule has 0 atom stereocenters. The van der Waals surface area contributed by atoms with E-state index in [2.05, 4.69) is 85.1 Å². The van der Waals surface area contributed by atoms with Crippen LogP contribution in [0.1, 0.15) is 11.4 Å². The van der Waals surface area contributed by atoms with Crippen LogP contribution in [0.4, 0.5) is 17.3 Å². The fourth-order valence-corrected chi connectivity index (χ4v) is 4.57. The van der Waals surface area contributed by atoms with E-state index in [1.54, 1.807) is 14.2 Å². The van der Waals surface area contributed by atoms with Crippen molar-refractivity contribution in [2.24, 2.45) is 0 Å². The molecule has 0 aliphatic carbocycles. The first kappa shape index (κ1) is 24.3. The Morgan fingerprint density at radius 1 is 0.686 bits per heavy atom. The summed E-state index contributed by atoms with van der Waals surface area (Å²) in [6.07, 6.45) is 0. The van der Waals surface area contributed by atoms with Crippen LogP contribution < -0.4 is 14.0 Å². The fraction of sp³-hybridized carbons (Fsp3) is 0.148. The summed E-state index contributed by atoms with van der Waals surface area (Å²) >= 11 is 0. The van der Waals surface area contributed by atoms with Crippen LogP contribution in [0.3, 0.4) is 0 Å². The number of rotatable bonds is 3. The minimum atomic E-state index is -6.00. The molecule has 0 aliphatic heterocycles. The number of fused-ring (bicyclic) bond motifs is 3. The van der Waals surface area contributed by atoms with Gasteiger partial charge in [-0.3, -0.25) is 0 Å². The molecule has 4 aromatic carbocycles. The molecule has 180 valence electrons. The third-order valence-electron chi connectivity index (χ3n) is 5.94. The van der Waals surface area contributed by atoms with Crippen molar-refractivity contribution < 1.29 is 31.3 Å². The zero-order valence-corrected chi connectivity index (χ0v) is 19.8. The van der Waals surface area contributed by atoms with Crippen LogP contribution in [0.2, 0.25) is 0 Å². The standard InChI is InChI=1S/C27H24NO2.BF4/c1-17-12-22-14-23(29-3)16-26(30-4)27(22)18(2)28(17)25-11-7-10-21-13-19-8-5-6-9-20(19)15-24(21)25;2-1(3,4)5/h5-16H,1-4H3;/q+1;-1. The number of nitrogens with zero attached hydrogens (tertiary/aromatic N) is 1. The summed E-state index contributed by atoms with van der Waals surface area (Å²) < 4.78 is 52.5. The lowest BCUT2D eigenvalue weighted by atomic mass is 10.0. The monoisotopic (exact) mass is 481 g/mol. The van der Waals surface area contributed by atoms with Crippen LogP contribution >= 0.6 is 0 Å². The van der Waals surface area contributed by atoms with Crippen molar-refractivity contribution in [3.63, 3.8) is 0 Å². The molecule has 35 heavy (non-hydrogen) atoms. The molecule has 1 aromatic heterocycles. The Hall–Kier alpha value is -3.81. The maximum atomic E-state index is 9.75. The molecule has 8 heteroatoms. The minimum Gasteiger partial charge on any atom is -0.497 e. The van der Waals surface area contributed by atoms with Gasteiger partial charge in [0.1, 0.15) is 11.5 Å². The smallest absolute Gasteiger partial charge is 0.497 e. The van der Waals surface area contributed by atoms with Gasteiger partial charge in [0, 0.05) is 37.4 Å². The fourth-order valence-electron chi connectivity index (χ4n) is 4.57. The highest BCUT2D eigenvalue weighted by Crippen LogP contribution is 2.34. The molecule has 3 nitrogen and oxygen atoms in total. The van der Waals surface area contributed by atoms with E-state index < -0.39 is 7.25 Å². The lowest BCUT2D eigenvalue weighted by Crippen LogP contribution is -2.38. The summed E-state index contributed by atoms with van der Waals surface area (Å²) in [6.45, 7) is 4.31. The lowest BCUT2D eigenvalue weighted by Gasteiger charge is -2.13. The van der Waals surface area contributed by atoms with E-state index >= 15 is 0 Å². The van der Waals surface area contributed by atoms with Crippen molar-refractivity contribution in [3.05, 3.63) is 84.2 Å². The van der Waals surface area contributed by atoms with Gasteiger partial charge in [0.05, 0.1) is 25.0 Å². The number of benzene rings is 4. The van der Waals surface area contributed by atoms with Crippen molar-refractivity contribution in [3.8, 4) is 17.2 Å². The van der Waals surface area contributed by atoms with Crippen molar-refractivity contribution in [1.82, 2.24) is 0 Å². The summed E-state index contributed by atoms with van der Waals surface area (Å²) in [5, 5.41) is 7.19. The van der Waals surface area contributed by atoms with Gasteiger partial charge in [-0.25, -0.2) is 0 Å². The van der Waals surface area contributed by atoms with Crippen molar-refractivity contribution >= 4 is 39.6 Å². The minimum absolute atomic E-state index is 0.799. The number of aryl methyl sites for hydroxylation is 2. The molecule has 0 N–H and O–H groups in total. The number of hydrogen-bond donors (Lipinski definition) is 0. The Labute approximate surface area is 200 Å². The second-order valence-electron chi connectivity index (χ2n) is 8.19. The zero-order chi connectivity index (χ0) is 25.3. The number of pyridine rings is 1. The van der Waals surface area contributed by atoms with Crippen LogP contribution in [-0.2, 0) is 0 Å². The highest BCUT2D eigenvalue weighted by atomic mass is 19.5. The first-order chi connectivity index (χ1) is 16.6. The first-order valence-electron chi connectivity index (χ1n) is 11.0. The number of halogens is 4. The van der Waals surface area contributed by atoms with Crippen LogP contribution in [-0.4, -0.2) is 21.5 Å². The van der Waals surface area contributed by atoms with E-state index in [0.717, 1.165) is 33.7 Å². The molecule has 0 unspecified atom stereocenters. The second kappa shape index (κ2) is 9.45. The predicted octanol–water partition coefficient (Wildman–Crippen LogP) is 7.36. The van der Waals surface area contributed by atoms with E-state index in [-0.39, 0.29) is 0 Å². The highest BCUT2D eigenvalue weighted by Gasteiger charge is 2.23. The van der Waals surface area contributed by atoms with Crippen molar-refractivity contribution in [1.29, 1.82) is 0 Å². The number of hydrogen-bond acceptors (Lipinski definition) is 2. The summed E-state index contributed by atoms with van der Waals surface area (Å²) in [6, 6.07) is 25.8. The third-order valence-corrected chi connectivity index (χ3v) is 5.94. The average molecular weight is 481 g/mol. The molecule has 0 radical (unpaired) electrons. The van der Waals surface area contributed by atoms with E-state index in [1.807, 2.05) is 6.07 Å². The molecule has 0 amide bonds. The summed E-state index contributed by atoms with van der Waals surface area (Å²) in [5.41, 5.74) is 3.48. The molecule has 0 saturated heterocycles. The number of methoxy groups -OCH3 is 2. The van der Waals surface area contributed by atoms with Gasteiger partial charge < -0.3 is 26.7 Å². The molecule has 0 aliphatic rings. The van der Waals surface area contributed by atoms with Gasteiger partial charge in [0.25, 0.3) is 0 Å². The Morgan fingerprint density at radius 3 is 1.94 bits per heavy atom. The Bertz CT molecular complexity index is 1540. The molecule has 5 rings (SSSR count). The van der Waals surface area contributed by atoms with E-state index in [1.165, 1.54) is 27.2 Å². The van der Waals surface area contributed by atoms with Gasteiger partial charge in [-0.1, -0.05) is 36.4 Å². The van der Waals surface area contributed by atoms with Gasteiger partial charge >= 0.3 is 7.25 Å². The van der Waals surface area contributed by atoms with Crippen LogP contribution in [0.5, 0.6) is 11.5 Å². The Kier molecular flexibility index (Phi) is 6.57. The quantitative estimate of drug-likeness (QED) is 0.116. The molecule has 0 spiro atoms. The summed E-state index contributed by atoms with van der Waals surface area (Å²) in [4.78, 5) is 0. The predicted molar refractivity (Wildman–Crippen MR) is 133 cm³/mol. The van der Waals surface area contributed by atoms with Gasteiger partial charge in [-0.05, 0) is 34.4 Å². The topological polar surface area (TPSA) is 22.3 Å². The highest BCUT2D eigenvalue weighted by molar-refractivity contribution is 6.50. The Balaban J connectivity index is 0.000000527. The molecule has 5 aromatic rings. The summed E-state index contributed by atoms with van der Waals surface area (Å²) in [5.74, 6) is 1.62.